The van der Waals surface area contributed by atoms with Crippen LogP contribution in [0.1, 0.15) is 19.8 Å². The Balaban J connectivity index is 2.09. The van der Waals surface area contributed by atoms with E-state index in [1.165, 1.54) is 0 Å². The molecule has 1 aromatic carbocycles. The molecule has 4 nitrogen and oxygen atoms in total. The molecule has 1 atom stereocenters. The standard InChI is InChI=1S/C13H16N2O2S/c1-3-10(2)14-11-6-8-13(9-7-11)18(16,17)15-12-4-5-12/h1,6-10,12,14-15H,4-5H2,2H3. The maximum Gasteiger partial charge on any atom is 0.240 e. The first-order valence-corrected chi connectivity index (χ1v) is 7.34. The van der Waals surface area contributed by atoms with Crippen molar-refractivity contribution in [2.75, 3.05) is 5.32 Å². The molecular weight excluding hydrogens is 248 g/mol. The molecule has 1 fully saturated rings. The van der Waals surface area contributed by atoms with Crippen LogP contribution in [0, 0.1) is 12.3 Å². The highest BCUT2D eigenvalue weighted by Crippen LogP contribution is 2.22. The van der Waals surface area contributed by atoms with E-state index in [2.05, 4.69) is 16.0 Å². The van der Waals surface area contributed by atoms with E-state index in [0.29, 0.717) is 0 Å². The molecule has 18 heavy (non-hydrogen) atoms. The van der Waals surface area contributed by atoms with Crippen LogP contribution in [0.3, 0.4) is 0 Å². The van der Waals surface area contributed by atoms with E-state index in [0.717, 1.165) is 18.5 Å². The fourth-order valence-corrected chi connectivity index (χ4v) is 2.82. The first-order valence-electron chi connectivity index (χ1n) is 5.86. The molecule has 1 saturated carbocycles. The van der Waals surface area contributed by atoms with Gasteiger partial charge in [-0.3, -0.25) is 0 Å². The molecule has 5 heteroatoms. The zero-order chi connectivity index (χ0) is 13.2. The predicted octanol–water partition coefficient (Wildman–Crippen LogP) is 1.56. The number of nitrogens with one attached hydrogen (secondary N) is 2. The molecule has 0 spiro atoms. The summed E-state index contributed by atoms with van der Waals surface area (Å²) in [5.41, 5.74) is 0.811. The highest BCUT2D eigenvalue weighted by Gasteiger charge is 2.27. The third kappa shape index (κ3) is 3.25. The molecule has 0 heterocycles. The molecule has 2 N–H and O–H groups in total. The van der Waals surface area contributed by atoms with Crippen LogP contribution in [0.15, 0.2) is 29.2 Å². The molecule has 0 aromatic heterocycles. The van der Waals surface area contributed by atoms with E-state index in [1.807, 2.05) is 6.92 Å². The van der Waals surface area contributed by atoms with E-state index in [1.54, 1.807) is 24.3 Å². The van der Waals surface area contributed by atoms with Gasteiger partial charge in [0, 0.05) is 11.7 Å². The van der Waals surface area contributed by atoms with Crippen molar-refractivity contribution in [3.8, 4) is 12.3 Å². The maximum absolute atomic E-state index is 11.9. The second-order valence-electron chi connectivity index (χ2n) is 4.45. The molecule has 0 saturated heterocycles. The fraction of sp³-hybridized carbons (Fsp3) is 0.385. The van der Waals surface area contributed by atoms with Gasteiger partial charge in [-0.05, 0) is 44.0 Å². The molecule has 1 unspecified atom stereocenters. The largest absolute Gasteiger partial charge is 0.372 e. The average Bonchev–Trinajstić information content (AvgIpc) is 3.13. The van der Waals surface area contributed by atoms with Gasteiger partial charge in [0.25, 0.3) is 0 Å². The maximum atomic E-state index is 11.9. The van der Waals surface area contributed by atoms with Crippen molar-refractivity contribution in [1.29, 1.82) is 0 Å². The van der Waals surface area contributed by atoms with Crippen molar-refractivity contribution in [2.24, 2.45) is 0 Å². The number of sulfonamides is 1. The van der Waals surface area contributed by atoms with Crippen LogP contribution in [-0.4, -0.2) is 20.5 Å². The summed E-state index contributed by atoms with van der Waals surface area (Å²) < 4.78 is 26.5. The summed E-state index contributed by atoms with van der Waals surface area (Å²) in [6.07, 6.45) is 7.12. The summed E-state index contributed by atoms with van der Waals surface area (Å²) >= 11 is 0. The van der Waals surface area contributed by atoms with Gasteiger partial charge in [-0.1, -0.05) is 5.92 Å². The monoisotopic (exact) mass is 264 g/mol. The Morgan fingerprint density at radius 1 is 1.33 bits per heavy atom. The molecule has 96 valence electrons. The molecule has 0 amide bonds. The fourth-order valence-electron chi connectivity index (χ4n) is 1.51. The lowest BCUT2D eigenvalue weighted by Gasteiger charge is -2.10. The molecule has 1 aromatic rings. The van der Waals surface area contributed by atoms with Crippen LogP contribution < -0.4 is 10.0 Å². The van der Waals surface area contributed by atoms with Gasteiger partial charge in [0.1, 0.15) is 0 Å². The van der Waals surface area contributed by atoms with E-state index in [9.17, 15) is 8.42 Å². The van der Waals surface area contributed by atoms with Crippen molar-refractivity contribution < 1.29 is 8.42 Å². The number of rotatable bonds is 5. The number of hydrogen-bond donors (Lipinski definition) is 2. The van der Waals surface area contributed by atoms with Gasteiger partial charge in [-0.15, -0.1) is 6.42 Å². The Bertz CT molecular complexity index is 554. The lowest BCUT2D eigenvalue weighted by molar-refractivity contribution is 0.581. The third-order valence-electron chi connectivity index (χ3n) is 2.70. The molecule has 2 rings (SSSR count). The second-order valence-corrected chi connectivity index (χ2v) is 6.17. The summed E-state index contributed by atoms with van der Waals surface area (Å²) in [6.45, 7) is 1.86. The predicted molar refractivity (Wildman–Crippen MR) is 71.7 cm³/mol. The van der Waals surface area contributed by atoms with Crippen LogP contribution in [0.2, 0.25) is 0 Å². The molecule has 1 aliphatic carbocycles. The van der Waals surface area contributed by atoms with Crippen molar-refractivity contribution >= 4 is 15.7 Å². The number of hydrogen-bond acceptors (Lipinski definition) is 3. The van der Waals surface area contributed by atoms with Gasteiger partial charge in [0.2, 0.25) is 10.0 Å². The van der Waals surface area contributed by atoms with Gasteiger partial charge >= 0.3 is 0 Å². The van der Waals surface area contributed by atoms with Crippen molar-refractivity contribution in [1.82, 2.24) is 4.72 Å². The lowest BCUT2D eigenvalue weighted by atomic mass is 10.3. The first-order chi connectivity index (χ1) is 8.51. The third-order valence-corrected chi connectivity index (χ3v) is 4.23. The number of terminal acetylenes is 1. The summed E-state index contributed by atoms with van der Waals surface area (Å²) in [7, 11) is -3.37. The average molecular weight is 264 g/mol. The normalized spacial score (nSPS) is 16.9. The van der Waals surface area contributed by atoms with Crippen molar-refractivity contribution in [3.05, 3.63) is 24.3 Å². The Morgan fingerprint density at radius 3 is 2.44 bits per heavy atom. The Kier molecular flexibility index (Phi) is 3.60. The lowest BCUT2D eigenvalue weighted by Crippen LogP contribution is -2.25. The van der Waals surface area contributed by atoms with Gasteiger partial charge in [-0.25, -0.2) is 13.1 Å². The highest BCUT2D eigenvalue weighted by atomic mass is 32.2. The quantitative estimate of drug-likeness (QED) is 0.794. The van der Waals surface area contributed by atoms with Crippen molar-refractivity contribution in [2.45, 2.75) is 36.7 Å². The van der Waals surface area contributed by atoms with Gasteiger partial charge < -0.3 is 5.32 Å². The summed E-state index contributed by atoms with van der Waals surface area (Å²) in [5, 5.41) is 3.07. The topological polar surface area (TPSA) is 58.2 Å². The van der Waals surface area contributed by atoms with Crippen LogP contribution in [0.25, 0.3) is 0 Å². The van der Waals surface area contributed by atoms with E-state index in [-0.39, 0.29) is 17.0 Å². The zero-order valence-corrected chi connectivity index (χ0v) is 11.0. The van der Waals surface area contributed by atoms with E-state index < -0.39 is 10.0 Å². The molecule has 1 aliphatic rings. The number of anilines is 1. The van der Waals surface area contributed by atoms with Crippen LogP contribution in [0.4, 0.5) is 5.69 Å². The Morgan fingerprint density at radius 2 is 1.94 bits per heavy atom. The smallest absolute Gasteiger partial charge is 0.240 e. The molecule has 0 radical (unpaired) electrons. The second kappa shape index (κ2) is 5.01. The van der Waals surface area contributed by atoms with Crippen LogP contribution >= 0.6 is 0 Å². The minimum absolute atomic E-state index is 0.0861. The minimum atomic E-state index is -3.37. The summed E-state index contributed by atoms with van der Waals surface area (Å²) in [5.74, 6) is 2.55. The van der Waals surface area contributed by atoms with Crippen LogP contribution in [0.5, 0.6) is 0 Å². The van der Waals surface area contributed by atoms with Gasteiger partial charge in [0.15, 0.2) is 0 Å². The molecule has 0 aliphatic heterocycles. The molecular formula is C13H16N2O2S. The van der Waals surface area contributed by atoms with E-state index in [4.69, 9.17) is 6.42 Å². The summed E-state index contributed by atoms with van der Waals surface area (Å²) in [4.78, 5) is 0.285. The summed E-state index contributed by atoms with van der Waals surface area (Å²) in [6, 6.07) is 6.63. The highest BCUT2D eigenvalue weighted by molar-refractivity contribution is 7.89. The van der Waals surface area contributed by atoms with E-state index >= 15 is 0 Å². The van der Waals surface area contributed by atoms with Gasteiger partial charge in [0.05, 0.1) is 10.9 Å². The number of benzene rings is 1. The SMILES string of the molecule is C#CC(C)Nc1ccc(S(=O)(=O)NC2CC2)cc1. The van der Waals surface area contributed by atoms with Crippen LogP contribution in [-0.2, 0) is 10.0 Å². The Hall–Kier alpha value is -1.51. The minimum Gasteiger partial charge on any atom is -0.372 e. The van der Waals surface area contributed by atoms with Crippen molar-refractivity contribution in [3.63, 3.8) is 0 Å². The first kappa shape index (κ1) is 12.9. The zero-order valence-electron chi connectivity index (χ0n) is 10.2. The Labute approximate surface area is 108 Å². The molecule has 0 bridgehead atoms. The van der Waals surface area contributed by atoms with Gasteiger partial charge in [-0.2, -0.15) is 0 Å².